The van der Waals surface area contributed by atoms with E-state index in [1.807, 2.05) is 0 Å². The number of sulfone groups is 1. The van der Waals surface area contributed by atoms with Crippen molar-refractivity contribution in [3.8, 4) is 0 Å². The van der Waals surface area contributed by atoms with Crippen LogP contribution in [0.5, 0.6) is 0 Å². The van der Waals surface area contributed by atoms with E-state index in [1.165, 1.54) is 12.1 Å². The Labute approximate surface area is 143 Å². The molecule has 1 aromatic carbocycles. The summed E-state index contributed by atoms with van der Waals surface area (Å²) in [5, 5.41) is 14.8. The topological polar surface area (TPSA) is 98.7 Å². The van der Waals surface area contributed by atoms with Crippen molar-refractivity contribution >= 4 is 21.6 Å². The van der Waals surface area contributed by atoms with Crippen LogP contribution in [0.1, 0.15) is 19.3 Å². The van der Waals surface area contributed by atoms with Gasteiger partial charge in [-0.25, -0.2) is 13.2 Å². The van der Waals surface area contributed by atoms with Gasteiger partial charge in [0.25, 0.3) is 0 Å². The average Bonchev–Trinajstić information content (AvgIpc) is 2.55. The van der Waals surface area contributed by atoms with E-state index in [4.69, 9.17) is 0 Å². The molecule has 1 heterocycles. The van der Waals surface area contributed by atoms with Crippen molar-refractivity contribution in [3.63, 3.8) is 0 Å². The summed E-state index contributed by atoms with van der Waals surface area (Å²) in [6.07, 6.45) is 4.40. The van der Waals surface area contributed by atoms with Gasteiger partial charge in [-0.1, -0.05) is 6.42 Å². The van der Waals surface area contributed by atoms with Crippen molar-refractivity contribution in [2.24, 2.45) is 0 Å². The lowest BCUT2D eigenvalue weighted by Crippen LogP contribution is -2.46. The van der Waals surface area contributed by atoms with Crippen molar-refractivity contribution in [3.05, 3.63) is 24.3 Å². The molecule has 2 amide bonds. The summed E-state index contributed by atoms with van der Waals surface area (Å²) in [5.41, 5.74) is 0.533. The molecule has 24 heavy (non-hydrogen) atoms. The first-order chi connectivity index (χ1) is 11.4. The Kier molecular flexibility index (Phi) is 6.59. The summed E-state index contributed by atoms with van der Waals surface area (Å²) in [5.74, 6) is 0. The van der Waals surface area contributed by atoms with Gasteiger partial charge in [-0.2, -0.15) is 0 Å². The van der Waals surface area contributed by atoms with Gasteiger partial charge < -0.3 is 15.7 Å². The molecule has 1 saturated heterocycles. The van der Waals surface area contributed by atoms with E-state index in [0.29, 0.717) is 18.8 Å². The van der Waals surface area contributed by atoms with E-state index in [9.17, 15) is 18.3 Å². The number of carbonyl (C=O) groups is 1. The Hall–Kier alpha value is -1.64. The molecule has 3 N–H and O–H groups in total. The number of piperidine rings is 1. The van der Waals surface area contributed by atoms with Crippen molar-refractivity contribution in [1.82, 2.24) is 10.2 Å². The zero-order valence-electron chi connectivity index (χ0n) is 13.9. The zero-order chi connectivity index (χ0) is 17.6. The van der Waals surface area contributed by atoms with Gasteiger partial charge in [-0.15, -0.1) is 0 Å². The molecule has 0 bridgehead atoms. The van der Waals surface area contributed by atoms with Crippen molar-refractivity contribution in [2.45, 2.75) is 30.2 Å². The van der Waals surface area contributed by atoms with Crippen LogP contribution in [-0.2, 0) is 9.84 Å². The normalized spacial score (nSPS) is 19.0. The first kappa shape index (κ1) is 18.7. The predicted molar refractivity (Wildman–Crippen MR) is 92.9 cm³/mol. The number of hydrogen-bond donors (Lipinski definition) is 3. The van der Waals surface area contributed by atoms with Crippen LogP contribution < -0.4 is 10.6 Å². The van der Waals surface area contributed by atoms with Gasteiger partial charge >= 0.3 is 6.03 Å². The number of aliphatic hydroxyl groups excluding tert-OH is 1. The first-order valence-corrected chi connectivity index (χ1v) is 9.99. The van der Waals surface area contributed by atoms with Crippen LogP contribution in [-0.4, -0.2) is 63.0 Å². The fraction of sp³-hybridized carbons (Fsp3) is 0.562. The number of aliphatic hydroxyl groups is 1. The van der Waals surface area contributed by atoms with E-state index in [-0.39, 0.29) is 23.6 Å². The van der Waals surface area contributed by atoms with Gasteiger partial charge in [0.15, 0.2) is 9.84 Å². The summed E-state index contributed by atoms with van der Waals surface area (Å²) in [6.45, 7) is 2.29. The zero-order valence-corrected chi connectivity index (χ0v) is 14.7. The van der Waals surface area contributed by atoms with Gasteiger partial charge in [-0.05, 0) is 43.7 Å². The van der Waals surface area contributed by atoms with E-state index < -0.39 is 9.84 Å². The highest BCUT2D eigenvalue weighted by Gasteiger charge is 2.20. The summed E-state index contributed by atoms with van der Waals surface area (Å²) < 4.78 is 22.8. The molecule has 1 aliphatic heterocycles. The van der Waals surface area contributed by atoms with Crippen LogP contribution >= 0.6 is 0 Å². The van der Waals surface area contributed by atoms with Crippen LogP contribution in [0.2, 0.25) is 0 Å². The number of anilines is 1. The highest BCUT2D eigenvalue weighted by atomic mass is 32.2. The van der Waals surface area contributed by atoms with E-state index >= 15 is 0 Å². The Morgan fingerprint density at radius 2 is 2.00 bits per heavy atom. The standard InChI is InChI=1S/C16H25N3O4S/c1-24(22,23)15-7-5-13(6-8-15)18-16(21)17-9-11-19-10-3-2-4-14(19)12-20/h5-8,14,20H,2-4,9-12H2,1H3,(H2,17,18,21). The van der Waals surface area contributed by atoms with Gasteiger partial charge in [0.1, 0.15) is 0 Å². The fourth-order valence-electron chi connectivity index (χ4n) is 2.83. The van der Waals surface area contributed by atoms with Crippen LogP contribution in [0, 0.1) is 0 Å². The van der Waals surface area contributed by atoms with E-state index in [0.717, 1.165) is 32.1 Å². The second-order valence-corrected chi connectivity index (χ2v) is 8.06. The Balaban J connectivity index is 1.77. The molecule has 134 valence electrons. The molecule has 1 aliphatic rings. The lowest BCUT2D eigenvalue weighted by atomic mass is 10.0. The molecule has 1 fully saturated rings. The molecular weight excluding hydrogens is 330 g/mol. The monoisotopic (exact) mass is 355 g/mol. The van der Waals surface area contributed by atoms with Gasteiger partial charge in [-0.3, -0.25) is 4.90 Å². The lowest BCUT2D eigenvalue weighted by Gasteiger charge is -2.34. The second kappa shape index (κ2) is 8.46. The highest BCUT2D eigenvalue weighted by Crippen LogP contribution is 2.16. The van der Waals surface area contributed by atoms with Crippen molar-refractivity contribution < 1.29 is 18.3 Å². The van der Waals surface area contributed by atoms with Crippen LogP contribution in [0.4, 0.5) is 10.5 Å². The highest BCUT2D eigenvalue weighted by molar-refractivity contribution is 7.90. The maximum absolute atomic E-state index is 11.9. The van der Waals surface area contributed by atoms with Crippen molar-refractivity contribution in [1.29, 1.82) is 0 Å². The molecule has 0 spiro atoms. The summed E-state index contributed by atoms with van der Waals surface area (Å²) in [4.78, 5) is 14.3. The molecule has 1 aromatic rings. The number of amides is 2. The molecule has 0 aromatic heterocycles. The molecule has 7 nitrogen and oxygen atoms in total. The quantitative estimate of drug-likeness (QED) is 0.709. The number of urea groups is 1. The van der Waals surface area contributed by atoms with Crippen LogP contribution in [0.25, 0.3) is 0 Å². The summed E-state index contributed by atoms with van der Waals surface area (Å²) >= 11 is 0. The minimum Gasteiger partial charge on any atom is -0.395 e. The fourth-order valence-corrected chi connectivity index (χ4v) is 3.47. The largest absolute Gasteiger partial charge is 0.395 e. The first-order valence-electron chi connectivity index (χ1n) is 8.10. The van der Waals surface area contributed by atoms with Gasteiger partial charge in [0.05, 0.1) is 11.5 Å². The van der Waals surface area contributed by atoms with E-state index in [1.54, 1.807) is 12.1 Å². The average molecular weight is 355 g/mol. The SMILES string of the molecule is CS(=O)(=O)c1ccc(NC(=O)NCCN2CCCCC2CO)cc1. The Morgan fingerprint density at radius 3 is 2.62 bits per heavy atom. The molecule has 0 saturated carbocycles. The lowest BCUT2D eigenvalue weighted by molar-refractivity contribution is 0.0917. The number of nitrogens with zero attached hydrogens (tertiary/aromatic N) is 1. The number of carbonyl (C=O) groups excluding carboxylic acids is 1. The molecule has 2 rings (SSSR count). The van der Waals surface area contributed by atoms with Crippen molar-refractivity contribution in [2.75, 3.05) is 37.8 Å². The third-order valence-corrected chi connectivity index (χ3v) is 5.31. The Bertz CT molecular complexity index is 646. The number of rotatable bonds is 6. The molecule has 1 atom stereocenters. The van der Waals surface area contributed by atoms with Crippen LogP contribution in [0.3, 0.4) is 0 Å². The Morgan fingerprint density at radius 1 is 1.29 bits per heavy atom. The number of hydrogen-bond acceptors (Lipinski definition) is 5. The maximum Gasteiger partial charge on any atom is 0.319 e. The van der Waals surface area contributed by atoms with Gasteiger partial charge in [0.2, 0.25) is 0 Å². The maximum atomic E-state index is 11.9. The van der Waals surface area contributed by atoms with E-state index in [2.05, 4.69) is 15.5 Å². The van der Waals surface area contributed by atoms with Gasteiger partial charge in [0, 0.05) is 31.1 Å². The molecule has 1 unspecified atom stereocenters. The minimum absolute atomic E-state index is 0.152. The third-order valence-electron chi connectivity index (χ3n) is 4.18. The van der Waals surface area contributed by atoms with Crippen LogP contribution in [0.15, 0.2) is 29.2 Å². The second-order valence-electron chi connectivity index (χ2n) is 6.05. The molecule has 0 aliphatic carbocycles. The molecule has 0 radical (unpaired) electrons. The summed E-state index contributed by atoms with van der Waals surface area (Å²) in [7, 11) is -3.24. The number of nitrogens with one attached hydrogen (secondary N) is 2. The smallest absolute Gasteiger partial charge is 0.319 e. The predicted octanol–water partition coefficient (Wildman–Crippen LogP) is 1.06. The third kappa shape index (κ3) is 5.47. The minimum atomic E-state index is -3.24. The molecular formula is C16H25N3O4S. The number of likely N-dealkylation sites (tertiary alicyclic amines) is 1. The number of benzene rings is 1. The molecule has 8 heteroatoms. The summed E-state index contributed by atoms with van der Waals surface area (Å²) in [6, 6.07) is 5.90.